The van der Waals surface area contributed by atoms with Gasteiger partial charge in [-0.3, -0.25) is 0 Å². The quantitative estimate of drug-likeness (QED) is 0.612. The molecule has 0 saturated carbocycles. The average molecular weight is 242 g/mol. The van der Waals surface area contributed by atoms with Crippen LogP contribution in [0.1, 0.15) is 39.2 Å². The Balaban J connectivity index is 2.50. The van der Waals surface area contributed by atoms with Gasteiger partial charge in [0.15, 0.2) is 0 Å². The molecule has 0 saturated heterocycles. The lowest BCUT2D eigenvalue weighted by Gasteiger charge is -2.10. The van der Waals surface area contributed by atoms with Crippen LogP contribution in [0.2, 0.25) is 5.15 Å². The average Bonchev–Trinajstić information content (AvgIpc) is 2.24. The predicted octanol–water partition coefficient (Wildman–Crippen LogP) is 3.54. The summed E-state index contributed by atoms with van der Waals surface area (Å²) in [7, 11) is 0. The van der Waals surface area contributed by atoms with Crippen LogP contribution in [-0.4, -0.2) is 16.5 Å². The van der Waals surface area contributed by atoms with E-state index in [0.29, 0.717) is 5.15 Å². The summed E-state index contributed by atoms with van der Waals surface area (Å²) >= 11 is 6.00. The Bertz CT molecular complexity index is 326. The highest BCUT2D eigenvalue weighted by Gasteiger charge is 2.06. The maximum absolute atomic E-state index is 6.00. The first-order chi connectivity index (χ1) is 7.65. The normalized spacial score (nSPS) is 10.8. The zero-order valence-electron chi connectivity index (χ0n) is 10.3. The molecule has 16 heavy (non-hydrogen) atoms. The molecule has 0 radical (unpaired) electrons. The van der Waals surface area contributed by atoms with Crippen LogP contribution in [-0.2, 0) is 6.42 Å². The van der Waals surface area contributed by atoms with Crippen molar-refractivity contribution in [3.8, 4) is 0 Å². The Morgan fingerprint density at radius 3 is 2.75 bits per heavy atom. The molecule has 0 fully saturated rings. The second-order valence-corrected chi connectivity index (χ2v) is 4.67. The molecule has 0 aliphatic rings. The molecule has 1 aromatic rings. The SMILES string of the molecule is CCc1c(Cl)ncnc1NCCCC(C)C. The molecule has 4 heteroatoms. The molecule has 0 unspecified atom stereocenters. The van der Waals surface area contributed by atoms with Gasteiger partial charge >= 0.3 is 0 Å². The van der Waals surface area contributed by atoms with Crippen molar-refractivity contribution < 1.29 is 0 Å². The first-order valence-corrected chi connectivity index (χ1v) is 6.26. The Morgan fingerprint density at radius 2 is 2.12 bits per heavy atom. The van der Waals surface area contributed by atoms with Crippen LogP contribution < -0.4 is 5.32 Å². The van der Waals surface area contributed by atoms with Gasteiger partial charge in [-0.2, -0.15) is 0 Å². The molecule has 0 aromatic carbocycles. The molecule has 1 N–H and O–H groups in total. The fourth-order valence-corrected chi connectivity index (χ4v) is 1.84. The van der Waals surface area contributed by atoms with Crippen molar-refractivity contribution in [3.63, 3.8) is 0 Å². The summed E-state index contributed by atoms with van der Waals surface area (Å²) in [6.07, 6.45) is 4.74. The molecule has 0 spiro atoms. The largest absolute Gasteiger partial charge is 0.370 e. The predicted molar refractivity (Wildman–Crippen MR) is 69.0 cm³/mol. The molecule has 0 atom stereocenters. The van der Waals surface area contributed by atoms with E-state index in [2.05, 4.69) is 36.1 Å². The standard InChI is InChI=1S/C12H20ClN3/c1-4-10-11(13)15-8-16-12(10)14-7-5-6-9(2)3/h8-9H,4-7H2,1-3H3,(H,14,15,16). The van der Waals surface area contributed by atoms with E-state index in [4.69, 9.17) is 11.6 Å². The van der Waals surface area contributed by atoms with Gasteiger partial charge < -0.3 is 5.32 Å². The smallest absolute Gasteiger partial charge is 0.137 e. The summed E-state index contributed by atoms with van der Waals surface area (Å²) in [5.74, 6) is 1.63. The minimum absolute atomic E-state index is 0.559. The highest BCUT2D eigenvalue weighted by Crippen LogP contribution is 2.20. The number of rotatable bonds is 6. The van der Waals surface area contributed by atoms with Crippen LogP contribution in [0.5, 0.6) is 0 Å². The van der Waals surface area contributed by atoms with Gasteiger partial charge in [-0.15, -0.1) is 0 Å². The third kappa shape index (κ3) is 3.97. The summed E-state index contributed by atoms with van der Waals surface area (Å²) in [6.45, 7) is 7.47. The van der Waals surface area contributed by atoms with Crippen molar-refractivity contribution in [2.24, 2.45) is 5.92 Å². The van der Waals surface area contributed by atoms with Gasteiger partial charge in [0.2, 0.25) is 0 Å². The number of halogens is 1. The summed E-state index contributed by atoms with van der Waals surface area (Å²) in [6, 6.07) is 0. The Kier molecular flexibility index (Phi) is 5.53. The van der Waals surface area contributed by atoms with Crippen molar-refractivity contribution in [3.05, 3.63) is 17.0 Å². The maximum Gasteiger partial charge on any atom is 0.137 e. The number of hydrogen-bond donors (Lipinski definition) is 1. The van der Waals surface area contributed by atoms with Crippen molar-refractivity contribution in [1.29, 1.82) is 0 Å². The number of nitrogens with zero attached hydrogens (tertiary/aromatic N) is 2. The summed E-state index contributed by atoms with van der Waals surface area (Å²) in [5, 5.41) is 3.88. The molecule has 90 valence electrons. The minimum Gasteiger partial charge on any atom is -0.370 e. The topological polar surface area (TPSA) is 37.8 Å². The second-order valence-electron chi connectivity index (χ2n) is 4.31. The number of aromatic nitrogens is 2. The number of nitrogens with one attached hydrogen (secondary N) is 1. The lowest BCUT2D eigenvalue weighted by Crippen LogP contribution is -2.07. The zero-order valence-corrected chi connectivity index (χ0v) is 11.0. The van der Waals surface area contributed by atoms with Gasteiger partial charge in [0.1, 0.15) is 17.3 Å². The van der Waals surface area contributed by atoms with Gasteiger partial charge in [0.25, 0.3) is 0 Å². The Labute approximate surface area is 103 Å². The zero-order chi connectivity index (χ0) is 12.0. The molecule has 0 bridgehead atoms. The molecule has 0 aliphatic heterocycles. The van der Waals surface area contributed by atoms with E-state index >= 15 is 0 Å². The summed E-state index contributed by atoms with van der Waals surface area (Å²) in [5.41, 5.74) is 1.01. The third-order valence-electron chi connectivity index (χ3n) is 2.50. The monoisotopic (exact) mass is 241 g/mol. The van der Waals surface area contributed by atoms with Crippen LogP contribution in [0, 0.1) is 5.92 Å². The third-order valence-corrected chi connectivity index (χ3v) is 2.82. The highest BCUT2D eigenvalue weighted by atomic mass is 35.5. The van der Waals surface area contributed by atoms with Crippen molar-refractivity contribution in [2.45, 2.75) is 40.0 Å². The minimum atomic E-state index is 0.559. The second kappa shape index (κ2) is 6.69. The van der Waals surface area contributed by atoms with E-state index in [9.17, 15) is 0 Å². The van der Waals surface area contributed by atoms with E-state index in [0.717, 1.165) is 36.7 Å². The van der Waals surface area contributed by atoms with Gasteiger partial charge in [-0.05, 0) is 25.2 Å². The van der Waals surface area contributed by atoms with Crippen LogP contribution in [0.3, 0.4) is 0 Å². The molecule has 1 aromatic heterocycles. The first-order valence-electron chi connectivity index (χ1n) is 5.88. The van der Waals surface area contributed by atoms with Crippen LogP contribution in [0.15, 0.2) is 6.33 Å². The van der Waals surface area contributed by atoms with E-state index in [-0.39, 0.29) is 0 Å². The van der Waals surface area contributed by atoms with Gasteiger partial charge in [0, 0.05) is 12.1 Å². The molecule has 1 rings (SSSR count). The number of anilines is 1. The summed E-state index contributed by atoms with van der Waals surface area (Å²) < 4.78 is 0. The Hall–Kier alpha value is -0.830. The van der Waals surface area contributed by atoms with Crippen molar-refractivity contribution >= 4 is 17.4 Å². The van der Waals surface area contributed by atoms with Crippen LogP contribution in [0.25, 0.3) is 0 Å². The van der Waals surface area contributed by atoms with Gasteiger partial charge in [-0.1, -0.05) is 32.4 Å². The van der Waals surface area contributed by atoms with E-state index < -0.39 is 0 Å². The lowest BCUT2D eigenvalue weighted by atomic mass is 10.1. The lowest BCUT2D eigenvalue weighted by molar-refractivity contribution is 0.566. The summed E-state index contributed by atoms with van der Waals surface area (Å²) in [4.78, 5) is 8.20. The maximum atomic E-state index is 6.00. The first kappa shape index (κ1) is 13.2. The molecular formula is C12H20ClN3. The molecule has 0 amide bonds. The molecule has 1 heterocycles. The van der Waals surface area contributed by atoms with Crippen molar-refractivity contribution in [1.82, 2.24) is 9.97 Å². The van der Waals surface area contributed by atoms with Crippen molar-refractivity contribution in [2.75, 3.05) is 11.9 Å². The van der Waals surface area contributed by atoms with Crippen LogP contribution >= 0.6 is 11.6 Å². The van der Waals surface area contributed by atoms with E-state index in [1.54, 1.807) is 0 Å². The highest BCUT2D eigenvalue weighted by molar-refractivity contribution is 6.30. The van der Waals surface area contributed by atoms with Gasteiger partial charge in [0.05, 0.1) is 0 Å². The fraction of sp³-hybridized carbons (Fsp3) is 0.667. The fourth-order valence-electron chi connectivity index (χ4n) is 1.57. The van der Waals surface area contributed by atoms with E-state index in [1.807, 2.05) is 0 Å². The number of hydrogen-bond acceptors (Lipinski definition) is 3. The molecular weight excluding hydrogens is 222 g/mol. The molecule has 3 nitrogen and oxygen atoms in total. The van der Waals surface area contributed by atoms with Gasteiger partial charge in [-0.25, -0.2) is 9.97 Å². The van der Waals surface area contributed by atoms with E-state index in [1.165, 1.54) is 12.7 Å². The van der Waals surface area contributed by atoms with Crippen LogP contribution in [0.4, 0.5) is 5.82 Å². The Morgan fingerprint density at radius 1 is 1.38 bits per heavy atom. The molecule has 0 aliphatic carbocycles.